The highest BCUT2D eigenvalue weighted by atomic mass is 35.5. The maximum absolute atomic E-state index is 12.2. The molecule has 0 saturated carbocycles. The van der Waals surface area contributed by atoms with Gasteiger partial charge >= 0.3 is 0 Å². The Kier molecular flexibility index (Phi) is 9.71. The van der Waals surface area contributed by atoms with Gasteiger partial charge in [-0.25, -0.2) is 0 Å². The lowest BCUT2D eigenvalue weighted by atomic mass is 10.1. The highest BCUT2D eigenvalue weighted by molar-refractivity contribution is 5.85. The van der Waals surface area contributed by atoms with Gasteiger partial charge in [0.2, 0.25) is 5.91 Å². The average molecular weight is 392 g/mol. The van der Waals surface area contributed by atoms with Gasteiger partial charge in [0.05, 0.1) is 25.4 Å². The van der Waals surface area contributed by atoms with Crippen molar-refractivity contribution in [3.05, 3.63) is 35.4 Å². The van der Waals surface area contributed by atoms with Crippen LogP contribution in [0.25, 0.3) is 0 Å². The first kappa shape index (κ1) is 22.2. The van der Waals surface area contributed by atoms with E-state index in [0.717, 1.165) is 38.4 Å². The van der Waals surface area contributed by atoms with Gasteiger partial charge in [-0.15, -0.1) is 24.8 Å². The maximum atomic E-state index is 12.2. The van der Waals surface area contributed by atoms with Crippen LogP contribution in [0.3, 0.4) is 0 Å². The molecule has 2 heterocycles. The summed E-state index contributed by atoms with van der Waals surface area (Å²) >= 11 is 0. The van der Waals surface area contributed by atoms with Gasteiger partial charge in [-0.3, -0.25) is 9.69 Å². The largest absolute Gasteiger partial charge is 0.392 e. The van der Waals surface area contributed by atoms with E-state index in [4.69, 9.17) is 4.74 Å². The number of β-amino-alcohol motifs (C(OH)–C–C–N with tert-alkyl or cyclic N) is 1. The Bertz CT molecular complexity index is 542. The number of nitrogens with one attached hydrogen (secondary N) is 2. The van der Waals surface area contributed by atoms with E-state index in [1.54, 1.807) is 0 Å². The quantitative estimate of drug-likeness (QED) is 0.688. The lowest BCUT2D eigenvalue weighted by Gasteiger charge is -2.27. The van der Waals surface area contributed by atoms with Crippen LogP contribution in [0.15, 0.2) is 24.3 Å². The number of rotatable bonds is 5. The molecule has 1 aromatic rings. The van der Waals surface area contributed by atoms with Crippen LogP contribution in [0.4, 0.5) is 0 Å². The molecule has 2 saturated heterocycles. The third-order valence-corrected chi connectivity index (χ3v) is 4.49. The Balaban J connectivity index is 0.00000156. The lowest BCUT2D eigenvalue weighted by Crippen LogP contribution is -2.40. The summed E-state index contributed by atoms with van der Waals surface area (Å²) in [5.41, 5.74) is 2.39. The van der Waals surface area contributed by atoms with Crippen molar-refractivity contribution in [1.82, 2.24) is 15.5 Å². The number of ether oxygens (including phenoxy) is 1. The second kappa shape index (κ2) is 11.0. The Morgan fingerprint density at radius 3 is 2.56 bits per heavy atom. The number of carbonyl (C=O) groups excluding carboxylic acids is 1. The summed E-state index contributed by atoms with van der Waals surface area (Å²) in [6, 6.07) is 7.94. The third-order valence-electron chi connectivity index (χ3n) is 4.49. The van der Waals surface area contributed by atoms with Gasteiger partial charge in [-0.05, 0) is 17.5 Å². The van der Waals surface area contributed by atoms with Crippen LogP contribution >= 0.6 is 24.8 Å². The molecule has 1 aromatic carbocycles. The molecule has 25 heavy (non-hydrogen) atoms. The first-order chi connectivity index (χ1) is 11.2. The van der Waals surface area contributed by atoms with Crippen molar-refractivity contribution in [2.45, 2.75) is 31.7 Å². The van der Waals surface area contributed by atoms with Crippen molar-refractivity contribution < 1.29 is 14.6 Å². The fourth-order valence-electron chi connectivity index (χ4n) is 3.11. The molecule has 2 unspecified atom stereocenters. The summed E-state index contributed by atoms with van der Waals surface area (Å²) in [5, 5.41) is 15.5. The molecule has 8 heteroatoms. The van der Waals surface area contributed by atoms with Crippen molar-refractivity contribution in [1.29, 1.82) is 0 Å². The van der Waals surface area contributed by atoms with Crippen LogP contribution in [0.1, 0.15) is 17.5 Å². The zero-order valence-electron chi connectivity index (χ0n) is 14.1. The first-order valence-corrected chi connectivity index (χ1v) is 8.28. The number of aliphatic hydroxyl groups excluding tert-OH is 1. The number of carbonyl (C=O) groups is 1. The fourth-order valence-corrected chi connectivity index (χ4v) is 3.11. The molecule has 2 fully saturated rings. The predicted octanol–water partition coefficient (Wildman–Crippen LogP) is 0.701. The number of nitrogens with zero attached hydrogens (tertiary/aromatic N) is 1. The first-order valence-electron chi connectivity index (χ1n) is 8.28. The molecular formula is C17H27Cl2N3O3. The SMILES string of the molecule is Cl.Cl.O=C(NCc1ccccc1CN1CCOCC1)C1CC(O)CN1. The van der Waals surface area contributed by atoms with Gasteiger partial charge in [-0.1, -0.05) is 24.3 Å². The number of amides is 1. The minimum atomic E-state index is -0.417. The number of morpholine rings is 1. The highest BCUT2D eigenvalue weighted by Gasteiger charge is 2.27. The van der Waals surface area contributed by atoms with E-state index in [9.17, 15) is 9.90 Å². The van der Waals surface area contributed by atoms with E-state index < -0.39 is 6.10 Å². The minimum absolute atomic E-state index is 0. The molecule has 3 rings (SSSR count). The molecule has 1 amide bonds. The van der Waals surface area contributed by atoms with E-state index in [2.05, 4.69) is 27.7 Å². The Morgan fingerprint density at radius 2 is 1.92 bits per heavy atom. The number of benzene rings is 1. The van der Waals surface area contributed by atoms with Gasteiger partial charge in [-0.2, -0.15) is 0 Å². The second-order valence-electron chi connectivity index (χ2n) is 6.23. The number of halogens is 2. The topological polar surface area (TPSA) is 73.8 Å². The summed E-state index contributed by atoms with van der Waals surface area (Å²) in [6.07, 6.45) is 0.0701. The maximum Gasteiger partial charge on any atom is 0.237 e. The van der Waals surface area contributed by atoms with Gasteiger partial charge in [0.25, 0.3) is 0 Å². The molecule has 0 aromatic heterocycles. The summed E-state index contributed by atoms with van der Waals surface area (Å²) in [4.78, 5) is 14.5. The summed E-state index contributed by atoms with van der Waals surface area (Å²) in [6.45, 7) is 5.37. The lowest BCUT2D eigenvalue weighted by molar-refractivity contribution is -0.123. The van der Waals surface area contributed by atoms with Crippen LogP contribution in [0, 0.1) is 0 Å². The molecular weight excluding hydrogens is 365 g/mol. The number of hydrogen-bond acceptors (Lipinski definition) is 5. The Labute approximate surface area is 161 Å². The molecule has 0 spiro atoms. The van der Waals surface area contributed by atoms with E-state index in [0.29, 0.717) is 19.5 Å². The molecule has 2 aliphatic heterocycles. The van der Waals surface area contributed by atoms with Crippen LogP contribution in [0.5, 0.6) is 0 Å². The summed E-state index contributed by atoms with van der Waals surface area (Å²) < 4.78 is 5.39. The normalized spacial score (nSPS) is 23.4. The molecule has 0 radical (unpaired) electrons. The summed E-state index contributed by atoms with van der Waals surface area (Å²) in [5.74, 6) is -0.0391. The van der Waals surface area contributed by atoms with Gasteiger partial charge < -0.3 is 20.5 Å². The predicted molar refractivity (Wildman–Crippen MR) is 101 cm³/mol. The van der Waals surface area contributed by atoms with E-state index in [1.807, 2.05) is 12.1 Å². The van der Waals surface area contributed by atoms with Crippen LogP contribution in [-0.4, -0.2) is 60.9 Å². The zero-order chi connectivity index (χ0) is 16.1. The number of hydrogen-bond donors (Lipinski definition) is 3. The van der Waals surface area contributed by atoms with Crippen molar-refractivity contribution in [2.24, 2.45) is 0 Å². The monoisotopic (exact) mass is 391 g/mol. The molecule has 6 nitrogen and oxygen atoms in total. The average Bonchev–Trinajstić information content (AvgIpc) is 3.01. The fraction of sp³-hybridized carbons (Fsp3) is 0.588. The number of aliphatic hydroxyl groups is 1. The molecule has 0 bridgehead atoms. The molecule has 2 aliphatic rings. The summed E-state index contributed by atoms with van der Waals surface area (Å²) in [7, 11) is 0. The Morgan fingerprint density at radius 1 is 1.24 bits per heavy atom. The highest BCUT2D eigenvalue weighted by Crippen LogP contribution is 2.13. The van der Waals surface area contributed by atoms with Crippen molar-refractivity contribution in [2.75, 3.05) is 32.8 Å². The van der Waals surface area contributed by atoms with Gasteiger partial charge in [0.15, 0.2) is 0 Å². The van der Waals surface area contributed by atoms with Crippen molar-refractivity contribution in [3.63, 3.8) is 0 Å². The molecule has 3 N–H and O–H groups in total. The standard InChI is InChI=1S/C17H25N3O3.2ClH/c21-15-9-16(18-11-15)17(22)19-10-13-3-1-2-4-14(13)12-20-5-7-23-8-6-20;;/h1-4,15-16,18,21H,5-12H2,(H,19,22);2*1H. The second-order valence-corrected chi connectivity index (χ2v) is 6.23. The molecule has 0 aliphatic carbocycles. The molecule has 142 valence electrons. The zero-order valence-corrected chi connectivity index (χ0v) is 15.8. The minimum Gasteiger partial charge on any atom is -0.392 e. The Hall–Kier alpha value is -0.890. The van der Waals surface area contributed by atoms with Gasteiger partial charge in [0.1, 0.15) is 0 Å². The van der Waals surface area contributed by atoms with Crippen LogP contribution in [0.2, 0.25) is 0 Å². The van der Waals surface area contributed by atoms with Crippen LogP contribution in [-0.2, 0) is 22.6 Å². The van der Waals surface area contributed by atoms with E-state index >= 15 is 0 Å². The smallest absolute Gasteiger partial charge is 0.237 e. The van der Waals surface area contributed by atoms with Crippen molar-refractivity contribution in [3.8, 4) is 0 Å². The van der Waals surface area contributed by atoms with Crippen LogP contribution < -0.4 is 10.6 Å². The third kappa shape index (κ3) is 6.40. The van der Waals surface area contributed by atoms with Crippen molar-refractivity contribution >= 4 is 30.7 Å². The van der Waals surface area contributed by atoms with Gasteiger partial charge in [0, 0.05) is 32.7 Å². The van der Waals surface area contributed by atoms with E-state index in [1.165, 1.54) is 5.56 Å². The van der Waals surface area contributed by atoms with E-state index in [-0.39, 0.29) is 36.8 Å². The molecule has 2 atom stereocenters.